The molecule has 1 atom stereocenters. The topological polar surface area (TPSA) is 3.24 Å². The van der Waals surface area contributed by atoms with E-state index in [1.807, 2.05) is 0 Å². The molecule has 1 nitrogen and oxygen atoms in total. The fourth-order valence-corrected chi connectivity index (χ4v) is 3.10. The Labute approximate surface area is 88.2 Å². The van der Waals surface area contributed by atoms with Crippen LogP contribution >= 0.6 is 0 Å². The summed E-state index contributed by atoms with van der Waals surface area (Å²) < 4.78 is 0. The van der Waals surface area contributed by atoms with Crippen LogP contribution in [0.1, 0.15) is 46.5 Å². The first-order valence-electron chi connectivity index (χ1n) is 6.02. The maximum Gasteiger partial charge on any atom is 0.0175 e. The lowest BCUT2D eigenvalue weighted by Gasteiger charge is -2.37. The zero-order valence-electron chi connectivity index (χ0n) is 9.84. The molecule has 1 heterocycles. The fourth-order valence-electron chi connectivity index (χ4n) is 3.10. The van der Waals surface area contributed by atoms with Gasteiger partial charge < -0.3 is 4.90 Å². The molecule has 1 saturated heterocycles. The Morgan fingerprint density at radius 3 is 2.50 bits per heavy atom. The van der Waals surface area contributed by atoms with Gasteiger partial charge in [0.15, 0.2) is 0 Å². The van der Waals surface area contributed by atoms with E-state index in [9.17, 15) is 0 Å². The van der Waals surface area contributed by atoms with Gasteiger partial charge in [0.05, 0.1) is 0 Å². The molecule has 2 aliphatic rings. The van der Waals surface area contributed by atoms with E-state index in [0.717, 1.165) is 5.92 Å². The molecule has 1 heteroatoms. The van der Waals surface area contributed by atoms with Crippen molar-refractivity contribution in [3.05, 3.63) is 11.8 Å². The predicted molar refractivity (Wildman–Crippen MR) is 61.1 cm³/mol. The SMILES string of the molecule is CC1C=C(N2CCCC2)CC(C)(C)C1. The van der Waals surface area contributed by atoms with Crippen molar-refractivity contribution in [2.45, 2.75) is 46.5 Å². The monoisotopic (exact) mass is 193 g/mol. The van der Waals surface area contributed by atoms with Gasteiger partial charge in [0, 0.05) is 18.8 Å². The van der Waals surface area contributed by atoms with Crippen LogP contribution in [0, 0.1) is 11.3 Å². The van der Waals surface area contributed by atoms with Gasteiger partial charge in [-0.05, 0) is 37.0 Å². The molecular formula is C13H23N. The van der Waals surface area contributed by atoms with Crippen LogP contribution in [-0.2, 0) is 0 Å². The smallest absolute Gasteiger partial charge is 0.0175 e. The van der Waals surface area contributed by atoms with Crippen molar-refractivity contribution >= 4 is 0 Å². The Bertz CT molecular complexity index is 234. The molecule has 0 aromatic carbocycles. The van der Waals surface area contributed by atoms with E-state index in [0.29, 0.717) is 5.41 Å². The van der Waals surface area contributed by atoms with Gasteiger partial charge in [-0.15, -0.1) is 0 Å². The van der Waals surface area contributed by atoms with Crippen molar-refractivity contribution in [2.24, 2.45) is 11.3 Å². The molecule has 0 aromatic heterocycles. The normalized spacial score (nSPS) is 31.8. The minimum Gasteiger partial charge on any atom is -0.375 e. The molecule has 2 rings (SSSR count). The lowest BCUT2D eigenvalue weighted by molar-refractivity contribution is 0.238. The summed E-state index contributed by atoms with van der Waals surface area (Å²) >= 11 is 0. The van der Waals surface area contributed by atoms with Gasteiger partial charge in [-0.3, -0.25) is 0 Å². The summed E-state index contributed by atoms with van der Waals surface area (Å²) in [6, 6.07) is 0. The predicted octanol–water partition coefficient (Wildman–Crippen LogP) is 3.42. The molecule has 0 amide bonds. The molecule has 1 aliphatic heterocycles. The highest BCUT2D eigenvalue weighted by Crippen LogP contribution is 2.39. The zero-order valence-corrected chi connectivity index (χ0v) is 9.84. The number of rotatable bonds is 1. The van der Waals surface area contributed by atoms with Gasteiger partial charge in [0.25, 0.3) is 0 Å². The first kappa shape index (κ1) is 10.1. The third kappa shape index (κ3) is 2.13. The lowest BCUT2D eigenvalue weighted by atomic mass is 9.75. The van der Waals surface area contributed by atoms with Crippen molar-refractivity contribution in [3.8, 4) is 0 Å². The number of likely N-dealkylation sites (tertiary alicyclic amines) is 1. The van der Waals surface area contributed by atoms with Crippen LogP contribution in [-0.4, -0.2) is 18.0 Å². The highest BCUT2D eigenvalue weighted by Gasteiger charge is 2.29. The summed E-state index contributed by atoms with van der Waals surface area (Å²) in [6.45, 7) is 9.78. The summed E-state index contributed by atoms with van der Waals surface area (Å²) in [7, 11) is 0. The molecule has 0 spiro atoms. The van der Waals surface area contributed by atoms with Crippen molar-refractivity contribution in [3.63, 3.8) is 0 Å². The Morgan fingerprint density at radius 1 is 1.29 bits per heavy atom. The van der Waals surface area contributed by atoms with E-state index in [1.165, 1.54) is 38.8 Å². The second-order valence-corrected chi connectivity index (χ2v) is 5.87. The average molecular weight is 193 g/mol. The van der Waals surface area contributed by atoms with Gasteiger partial charge in [-0.2, -0.15) is 0 Å². The van der Waals surface area contributed by atoms with Crippen LogP contribution in [0.5, 0.6) is 0 Å². The Morgan fingerprint density at radius 2 is 1.93 bits per heavy atom. The number of hydrogen-bond acceptors (Lipinski definition) is 1. The first-order chi connectivity index (χ1) is 6.57. The molecule has 80 valence electrons. The minimum absolute atomic E-state index is 0.520. The van der Waals surface area contributed by atoms with Crippen molar-refractivity contribution in [1.29, 1.82) is 0 Å². The maximum atomic E-state index is 2.61. The summed E-state index contributed by atoms with van der Waals surface area (Å²) in [5, 5.41) is 0. The number of allylic oxidation sites excluding steroid dienone is 2. The Kier molecular flexibility index (Phi) is 2.59. The van der Waals surface area contributed by atoms with Gasteiger partial charge >= 0.3 is 0 Å². The van der Waals surface area contributed by atoms with Crippen molar-refractivity contribution < 1.29 is 0 Å². The molecule has 0 N–H and O–H groups in total. The summed E-state index contributed by atoms with van der Waals surface area (Å²) in [6.07, 6.45) is 7.94. The fraction of sp³-hybridized carbons (Fsp3) is 0.846. The minimum atomic E-state index is 0.520. The lowest BCUT2D eigenvalue weighted by Crippen LogP contribution is -2.29. The molecular weight excluding hydrogens is 170 g/mol. The Balaban J connectivity index is 2.10. The molecule has 1 fully saturated rings. The van der Waals surface area contributed by atoms with Crippen LogP contribution in [0.3, 0.4) is 0 Å². The maximum absolute atomic E-state index is 2.61. The van der Waals surface area contributed by atoms with Crippen LogP contribution in [0.4, 0.5) is 0 Å². The van der Waals surface area contributed by atoms with E-state index < -0.39 is 0 Å². The molecule has 0 bridgehead atoms. The van der Waals surface area contributed by atoms with Crippen LogP contribution < -0.4 is 0 Å². The van der Waals surface area contributed by atoms with E-state index in [4.69, 9.17) is 0 Å². The van der Waals surface area contributed by atoms with E-state index in [-0.39, 0.29) is 0 Å². The summed E-state index contributed by atoms with van der Waals surface area (Å²) in [4.78, 5) is 2.61. The first-order valence-corrected chi connectivity index (χ1v) is 6.02. The largest absolute Gasteiger partial charge is 0.375 e. The van der Waals surface area contributed by atoms with Crippen LogP contribution in [0.15, 0.2) is 11.8 Å². The second-order valence-electron chi connectivity index (χ2n) is 5.87. The van der Waals surface area contributed by atoms with Crippen molar-refractivity contribution in [2.75, 3.05) is 13.1 Å². The van der Waals surface area contributed by atoms with E-state index >= 15 is 0 Å². The molecule has 1 aliphatic carbocycles. The number of hydrogen-bond donors (Lipinski definition) is 0. The van der Waals surface area contributed by atoms with Gasteiger partial charge in [0.1, 0.15) is 0 Å². The molecule has 0 aromatic rings. The standard InChI is InChI=1S/C13H23N/c1-11-8-12(10-13(2,3)9-11)14-6-4-5-7-14/h8,11H,4-7,9-10H2,1-3H3. The van der Waals surface area contributed by atoms with Crippen LogP contribution in [0.2, 0.25) is 0 Å². The summed E-state index contributed by atoms with van der Waals surface area (Å²) in [5.74, 6) is 0.773. The number of nitrogens with zero attached hydrogens (tertiary/aromatic N) is 1. The van der Waals surface area contributed by atoms with Crippen LogP contribution in [0.25, 0.3) is 0 Å². The zero-order chi connectivity index (χ0) is 10.2. The van der Waals surface area contributed by atoms with Crippen molar-refractivity contribution in [1.82, 2.24) is 4.90 Å². The summed E-state index contributed by atoms with van der Waals surface area (Å²) in [5.41, 5.74) is 2.15. The van der Waals surface area contributed by atoms with E-state index in [1.54, 1.807) is 5.70 Å². The molecule has 1 unspecified atom stereocenters. The second kappa shape index (κ2) is 3.60. The van der Waals surface area contributed by atoms with Gasteiger partial charge in [0.2, 0.25) is 0 Å². The molecule has 14 heavy (non-hydrogen) atoms. The van der Waals surface area contributed by atoms with Gasteiger partial charge in [-0.25, -0.2) is 0 Å². The highest BCUT2D eigenvalue weighted by atomic mass is 15.1. The third-order valence-electron chi connectivity index (χ3n) is 3.52. The molecule has 0 saturated carbocycles. The Hall–Kier alpha value is -0.460. The average Bonchev–Trinajstić information content (AvgIpc) is 2.51. The third-order valence-corrected chi connectivity index (χ3v) is 3.52. The highest BCUT2D eigenvalue weighted by molar-refractivity contribution is 5.11. The van der Waals surface area contributed by atoms with E-state index in [2.05, 4.69) is 31.7 Å². The van der Waals surface area contributed by atoms with Gasteiger partial charge in [-0.1, -0.05) is 26.8 Å². The quantitative estimate of drug-likeness (QED) is 0.617. The molecule has 0 radical (unpaired) electrons.